The standard InChI is InChI=1S/C27H31ClFN3O2/c1-3-5-7-19(6-4-2)18-32-14-12-21(13-15-32)30-25-10-9-22(17-24(25)29)31-27(34)23-16-20(28)8-11-26(23)33/h4-11,16-17,21,30,33H,2-3,12-15,18H2,1H3,(H,31,34)/b7-5-,19-6+. The van der Waals surface area contributed by atoms with Gasteiger partial charge in [-0.2, -0.15) is 0 Å². The van der Waals surface area contributed by atoms with Crippen LogP contribution in [0.3, 0.4) is 0 Å². The van der Waals surface area contributed by atoms with Gasteiger partial charge in [0.25, 0.3) is 5.91 Å². The Kier molecular flexibility index (Phi) is 9.31. The highest BCUT2D eigenvalue weighted by Crippen LogP contribution is 2.25. The zero-order chi connectivity index (χ0) is 24.5. The van der Waals surface area contributed by atoms with Crippen LogP contribution < -0.4 is 10.6 Å². The molecule has 7 heteroatoms. The first kappa shape index (κ1) is 25.5. The number of halogens is 2. The molecule has 0 radical (unpaired) electrons. The number of aromatic hydroxyl groups is 1. The largest absolute Gasteiger partial charge is 0.507 e. The molecule has 0 atom stereocenters. The van der Waals surface area contributed by atoms with Crippen molar-refractivity contribution in [3.05, 3.63) is 89.3 Å². The molecule has 1 amide bonds. The number of phenolic OH excluding ortho intramolecular Hbond substituents is 1. The number of allylic oxidation sites excluding steroid dienone is 3. The van der Waals surface area contributed by atoms with Crippen molar-refractivity contribution in [3.8, 4) is 5.75 Å². The van der Waals surface area contributed by atoms with E-state index in [1.165, 1.54) is 29.8 Å². The Morgan fingerprint density at radius 1 is 1.26 bits per heavy atom. The number of likely N-dealkylation sites (tertiary alicyclic amines) is 1. The SMILES string of the molecule is C=C/C=C(\C=C/CC)CN1CCC(Nc2ccc(NC(=O)c3cc(Cl)ccc3O)cc2F)CC1. The third kappa shape index (κ3) is 7.20. The summed E-state index contributed by atoms with van der Waals surface area (Å²) in [5, 5.41) is 16.1. The predicted octanol–water partition coefficient (Wildman–Crippen LogP) is 6.39. The molecular weight excluding hydrogens is 453 g/mol. The molecule has 1 aliphatic heterocycles. The van der Waals surface area contributed by atoms with Gasteiger partial charge < -0.3 is 15.7 Å². The van der Waals surface area contributed by atoms with Crippen LogP contribution in [0.5, 0.6) is 5.75 Å². The summed E-state index contributed by atoms with van der Waals surface area (Å²) >= 11 is 5.90. The number of carbonyl (C=O) groups is 1. The molecule has 5 nitrogen and oxygen atoms in total. The molecule has 1 aliphatic rings. The van der Waals surface area contributed by atoms with Crippen LogP contribution in [0.4, 0.5) is 15.8 Å². The number of benzene rings is 2. The minimum absolute atomic E-state index is 0.0261. The summed E-state index contributed by atoms with van der Waals surface area (Å²) < 4.78 is 14.7. The molecule has 3 N–H and O–H groups in total. The lowest BCUT2D eigenvalue weighted by Gasteiger charge is -2.33. The molecule has 34 heavy (non-hydrogen) atoms. The van der Waals surface area contributed by atoms with Crippen molar-refractivity contribution in [3.63, 3.8) is 0 Å². The Labute approximate surface area is 205 Å². The average Bonchev–Trinajstić information content (AvgIpc) is 2.82. The zero-order valence-corrected chi connectivity index (χ0v) is 20.1. The summed E-state index contributed by atoms with van der Waals surface area (Å²) in [6, 6.07) is 8.88. The summed E-state index contributed by atoms with van der Waals surface area (Å²) in [6.45, 7) is 8.63. The molecule has 1 heterocycles. The van der Waals surface area contributed by atoms with E-state index in [4.69, 9.17) is 11.6 Å². The lowest BCUT2D eigenvalue weighted by Crippen LogP contribution is -2.40. The van der Waals surface area contributed by atoms with E-state index < -0.39 is 11.7 Å². The van der Waals surface area contributed by atoms with Crippen LogP contribution in [-0.4, -0.2) is 41.6 Å². The molecule has 2 aromatic rings. The third-order valence-corrected chi connectivity index (χ3v) is 5.92. The molecule has 1 saturated heterocycles. The fourth-order valence-electron chi connectivity index (χ4n) is 3.89. The Bertz CT molecular complexity index is 1080. The normalized spacial score (nSPS) is 15.4. The molecule has 180 valence electrons. The second-order valence-electron chi connectivity index (χ2n) is 8.29. The maximum atomic E-state index is 14.7. The van der Waals surface area contributed by atoms with Gasteiger partial charge >= 0.3 is 0 Å². The number of anilines is 2. The van der Waals surface area contributed by atoms with Gasteiger partial charge in [0.05, 0.1) is 11.3 Å². The first-order chi connectivity index (χ1) is 16.4. The molecule has 2 aromatic carbocycles. The van der Waals surface area contributed by atoms with Crippen molar-refractivity contribution in [2.75, 3.05) is 30.3 Å². The maximum Gasteiger partial charge on any atom is 0.259 e. The third-order valence-electron chi connectivity index (χ3n) is 5.68. The Hall–Kier alpha value is -3.09. The van der Waals surface area contributed by atoms with Gasteiger partial charge in [0, 0.05) is 36.4 Å². The lowest BCUT2D eigenvalue weighted by molar-refractivity contribution is 0.102. The molecule has 0 saturated carbocycles. The van der Waals surface area contributed by atoms with E-state index in [1.807, 2.05) is 12.2 Å². The smallest absolute Gasteiger partial charge is 0.259 e. The lowest BCUT2D eigenvalue weighted by atomic mass is 10.0. The fraction of sp³-hybridized carbons (Fsp3) is 0.296. The van der Waals surface area contributed by atoms with E-state index in [0.29, 0.717) is 16.4 Å². The molecular formula is C27H31ClFN3O2. The summed E-state index contributed by atoms with van der Waals surface area (Å²) in [6.07, 6.45) is 11.0. The highest BCUT2D eigenvalue weighted by molar-refractivity contribution is 6.31. The minimum Gasteiger partial charge on any atom is -0.507 e. The number of nitrogens with one attached hydrogen (secondary N) is 2. The van der Waals surface area contributed by atoms with E-state index in [0.717, 1.165) is 38.9 Å². The number of phenols is 1. The monoisotopic (exact) mass is 483 g/mol. The number of rotatable bonds is 9. The molecule has 0 unspecified atom stereocenters. The Morgan fingerprint density at radius 2 is 2.03 bits per heavy atom. The van der Waals surface area contributed by atoms with Crippen LogP contribution in [0.1, 0.15) is 36.5 Å². The zero-order valence-electron chi connectivity index (χ0n) is 19.4. The second kappa shape index (κ2) is 12.4. The topological polar surface area (TPSA) is 64.6 Å². The van der Waals surface area contributed by atoms with Crippen molar-refractivity contribution in [1.29, 1.82) is 0 Å². The first-order valence-corrected chi connectivity index (χ1v) is 11.8. The highest BCUT2D eigenvalue weighted by Gasteiger charge is 2.20. The van der Waals surface area contributed by atoms with E-state index in [9.17, 15) is 14.3 Å². The van der Waals surface area contributed by atoms with Crippen molar-refractivity contribution in [2.24, 2.45) is 0 Å². The van der Waals surface area contributed by atoms with Crippen LogP contribution >= 0.6 is 11.6 Å². The number of amides is 1. The number of hydrogen-bond acceptors (Lipinski definition) is 4. The van der Waals surface area contributed by atoms with Crippen molar-refractivity contribution in [2.45, 2.75) is 32.2 Å². The number of piperidine rings is 1. The Morgan fingerprint density at radius 3 is 2.71 bits per heavy atom. The highest BCUT2D eigenvalue weighted by atomic mass is 35.5. The van der Waals surface area contributed by atoms with Crippen molar-refractivity contribution >= 4 is 28.9 Å². The molecule has 0 bridgehead atoms. The average molecular weight is 484 g/mol. The number of hydrogen-bond donors (Lipinski definition) is 3. The van der Waals surface area contributed by atoms with E-state index in [1.54, 1.807) is 12.1 Å². The fourth-order valence-corrected chi connectivity index (χ4v) is 4.07. The van der Waals surface area contributed by atoms with Gasteiger partial charge in [-0.15, -0.1) is 0 Å². The van der Waals surface area contributed by atoms with Gasteiger partial charge in [0.2, 0.25) is 0 Å². The van der Waals surface area contributed by atoms with Gasteiger partial charge in [-0.1, -0.05) is 49.4 Å². The van der Waals surface area contributed by atoms with Gasteiger partial charge in [0.1, 0.15) is 11.6 Å². The van der Waals surface area contributed by atoms with Crippen LogP contribution in [-0.2, 0) is 0 Å². The summed E-state index contributed by atoms with van der Waals surface area (Å²) in [5.74, 6) is -1.21. The van der Waals surface area contributed by atoms with Crippen LogP contribution in [0.25, 0.3) is 0 Å². The van der Waals surface area contributed by atoms with Crippen LogP contribution in [0.2, 0.25) is 5.02 Å². The molecule has 1 fully saturated rings. The van der Waals surface area contributed by atoms with Gasteiger partial charge in [-0.05, 0) is 61.2 Å². The summed E-state index contributed by atoms with van der Waals surface area (Å²) in [7, 11) is 0. The first-order valence-electron chi connectivity index (χ1n) is 11.5. The van der Waals surface area contributed by atoms with Crippen molar-refractivity contribution < 1.29 is 14.3 Å². The number of carbonyl (C=O) groups excluding carboxylic acids is 1. The van der Waals surface area contributed by atoms with Gasteiger partial charge in [-0.3, -0.25) is 9.69 Å². The van der Waals surface area contributed by atoms with Crippen LogP contribution in [0.15, 0.2) is 72.9 Å². The summed E-state index contributed by atoms with van der Waals surface area (Å²) in [5.41, 5.74) is 1.96. The minimum atomic E-state index is -0.564. The van der Waals surface area contributed by atoms with E-state index in [-0.39, 0.29) is 17.4 Å². The summed E-state index contributed by atoms with van der Waals surface area (Å²) in [4.78, 5) is 14.8. The van der Waals surface area contributed by atoms with E-state index >= 15 is 0 Å². The van der Waals surface area contributed by atoms with E-state index in [2.05, 4.69) is 41.2 Å². The maximum absolute atomic E-state index is 14.7. The Balaban J connectivity index is 1.55. The second-order valence-corrected chi connectivity index (χ2v) is 8.73. The molecule has 0 aliphatic carbocycles. The quantitative estimate of drug-likeness (QED) is 0.361. The molecule has 0 aromatic heterocycles. The van der Waals surface area contributed by atoms with Crippen LogP contribution in [0, 0.1) is 5.82 Å². The molecule has 3 rings (SSSR count). The number of nitrogens with zero attached hydrogens (tertiary/aromatic N) is 1. The van der Waals surface area contributed by atoms with Gasteiger partial charge in [0.15, 0.2) is 0 Å². The predicted molar refractivity (Wildman–Crippen MR) is 138 cm³/mol. The van der Waals surface area contributed by atoms with Crippen molar-refractivity contribution in [1.82, 2.24) is 4.90 Å². The molecule has 0 spiro atoms. The van der Waals surface area contributed by atoms with Gasteiger partial charge in [-0.25, -0.2) is 4.39 Å².